The van der Waals surface area contributed by atoms with Crippen molar-refractivity contribution in [3.05, 3.63) is 35.4 Å². The summed E-state index contributed by atoms with van der Waals surface area (Å²) in [5, 5.41) is 2.83. The molecule has 1 heterocycles. The summed E-state index contributed by atoms with van der Waals surface area (Å²) < 4.78 is 31.5. The van der Waals surface area contributed by atoms with Crippen molar-refractivity contribution in [1.82, 2.24) is 5.32 Å². The molecule has 2 atom stereocenters. The minimum atomic E-state index is -0.857. The molecule has 1 N–H and O–H groups in total. The fourth-order valence-corrected chi connectivity index (χ4v) is 2.46. The number of ether oxygens (including phenoxy) is 1. The molecule has 1 fully saturated rings. The lowest BCUT2D eigenvalue weighted by Gasteiger charge is -2.14. The van der Waals surface area contributed by atoms with E-state index in [1.165, 1.54) is 6.07 Å². The standard InChI is InChI=1S/C16H21F2NO2/c1-11(12-4-6-14(17)15(18)9-12)10-19-16(20)7-5-13-3-2-8-21-13/h4,6,9,11,13H,2-3,5,7-8,10H2,1H3,(H,19,20)/t11-,13+/m0/s1. The predicted octanol–water partition coefficient (Wildman–Crippen LogP) is 3.14. The maximum atomic E-state index is 13.2. The number of amides is 1. The van der Waals surface area contributed by atoms with Crippen LogP contribution >= 0.6 is 0 Å². The number of nitrogens with one attached hydrogen (secondary N) is 1. The Bertz CT molecular complexity index is 487. The van der Waals surface area contributed by atoms with Gasteiger partial charge in [-0.3, -0.25) is 4.79 Å². The number of hydrogen-bond donors (Lipinski definition) is 1. The predicted molar refractivity (Wildman–Crippen MR) is 76.0 cm³/mol. The summed E-state index contributed by atoms with van der Waals surface area (Å²) >= 11 is 0. The van der Waals surface area contributed by atoms with Crippen molar-refractivity contribution >= 4 is 5.91 Å². The number of carbonyl (C=O) groups is 1. The van der Waals surface area contributed by atoms with Crippen molar-refractivity contribution in [3.8, 4) is 0 Å². The summed E-state index contributed by atoms with van der Waals surface area (Å²) in [7, 11) is 0. The molecule has 0 spiro atoms. The average molecular weight is 297 g/mol. The van der Waals surface area contributed by atoms with E-state index in [1.54, 1.807) is 6.07 Å². The Labute approximate surface area is 123 Å². The zero-order valence-electron chi connectivity index (χ0n) is 12.2. The topological polar surface area (TPSA) is 38.3 Å². The van der Waals surface area contributed by atoms with Gasteiger partial charge in [0, 0.05) is 19.6 Å². The van der Waals surface area contributed by atoms with Gasteiger partial charge in [-0.2, -0.15) is 0 Å². The fraction of sp³-hybridized carbons (Fsp3) is 0.562. The first-order chi connectivity index (χ1) is 10.1. The maximum Gasteiger partial charge on any atom is 0.220 e. The van der Waals surface area contributed by atoms with Crippen molar-refractivity contribution in [2.24, 2.45) is 0 Å². The first-order valence-corrected chi connectivity index (χ1v) is 7.39. The molecule has 5 heteroatoms. The molecule has 1 saturated heterocycles. The summed E-state index contributed by atoms with van der Waals surface area (Å²) in [5.74, 6) is -1.80. The Balaban J connectivity index is 1.73. The van der Waals surface area contributed by atoms with Gasteiger partial charge in [0.2, 0.25) is 5.91 Å². The van der Waals surface area contributed by atoms with E-state index in [1.807, 2.05) is 6.92 Å². The van der Waals surface area contributed by atoms with Crippen LogP contribution in [0.1, 0.15) is 44.1 Å². The number of carbonyl (C=O) groups excluding carboxylic acids is 1. The van der Waals surface area contributed by atoms with Gasteiger partial charge in [-0.05, 0) is 42.9 Å². The lowest BCUT2D eigenvalue weighted by Crippen LogP contribution is -2.28. The molecular weight excluding hydrogens is 276 g/mol. The number of hydrogen-bond acceptors (Lipinski definition) is 2. The summed E-state index contributed by atoms with van der Waals surface area (Å²) in [6.45, 7) is 3.07. The smallest absolute Gasteiger partial charge is 0.220 e. The van der Waals surface area contributed by atoms with Crippen LogP contribution in [0.3, 0.4) is 0 Å². The van der Waals surface area contributed by atoms with Gasteiger partial charge >= 0.3 is 0 Å². The van der Waals surface area contributed by atoms with E-state index < -0.39 is 11.6 Å². The van der Waals surface area contributed by atoms with Gasteiger partial charge in [-0.25, -0.2) is 8.78 Å². The van der Waals surface area contributed by atoms with Crippen LogP contribution in [0.4, 0.5) is 8.78 Å². The van der Waals surface area contributed by atoms with Gasteiger partial charge in [0.15, 0.2) is 11.6 Å². The molecule has 0 aliphatic carbocycles. The van der Waals surface area contributed by atoms with Gasteiger partial charge in [0.05, 0.1) is 6.10 Å². The number of benzene rings is 1. The molecule has 0 bridgehead atoms. The van der Waals surface area contributed by atoms with E-state index in [0.29, 0.717) is 18.5 Å². The Morgan fingerprint density at radius 1 is 1.43 bits per heavy atom. The highest BCUT2D eigenvalue weighted by molar-refractivity contribution is 5.75. The van der Waals surface area contributed by atoms with E-state index >= 15 is 0 Å². The lowest BCUT2D eigenvalue weighted by molar-refractivity contribution is -0.121. The summed E-state index contributed by atoms with van der Waals surface area (Å²) in [6, 6.07) is 3.83. The third-order valence-corrected chi connectivity index (χ3v) is 3.84. The minimum Gasteiger partial charge on any atom is -0.378 e. The minimum absolute atomic E-state index is 0.0278. The highest BCUT2D eigenvalue weighted by atomic mass is 19.2. The molecular formula is C16H21F2NO2. The second-order valence-corrected chi connectivity index (χ2v) is 5.55. The van der Waals surface area contributed by atoms with Gasteiger partial charge in [-0.15, -0.1) is 0 Å². The van der Waals surface area contributed by atoms with Crippen molar-refractivity contribution in [1.29, 1.82) is 0 Å². The summed E-state index contributed by atoms with van der Waals surface area (Å²) in [6.07, 6.45) is 3.48. The summed E-state index contributed by atoms with van der Waals surface area (Å²) in [4.78, 5) is 11.8. The van der Waals surface area contributed by atoms with Crippen molar-refractivity contribution in [2.45, 2.75) is 44.6 Å². The van der Waals surface area contributed by atoms with E-state index in [-0.39, 0.29) is 17.9 Å². The van der Waals surface area contributed by atoms with Crippen molar-refractivity contribution < 1.29 is 18.3 Å². The monoisotopic (exact) mass is 297 g/mol. The zero-order chi connectivity index (χ0) is 15.2. The molecule has 0 radical (unpaired) electrons. The zero-order valence-corrected chi connectivity index (χ0v) is 12.2. The van der Waals surface area contributed by atoms with Crippen molar-refractivity contribution in [2.75, 3.05) is 13.2 Å². The highest BCUT2D eigenvalue weighted by Crippen LogP contribution is 2.18. The molecule has 3 nitrogen and oxygen atoms in total. The highest BCUT2D eigenvalue weighted by Gasteiger charge is 2.17. The van der Waals surface area contributed by atoms with Crippen molar-refractivity contribution in [3.63, 3.8) is 0 Å². The second-order valence-electron chi connectivity index (χ2n) is 5.55. The van der Waals surface area contributed by atoms with Gasteiger partial charge in [-0.1, -0.05) is 13.0 Å². The van der Waals surface area contributed by atoms with Gasteiger partial charge < -0.3 is 10.1 Å². The third-order valence-electron chi connectivity index (χ3n) is 3.84. The third kappa shape index (κ3) is 4.77. The lowest BCUT2D eigenvalue weighted by atomic mass is 10.0. The average Bonchev–Trinajstić information content (AvgIpc) is 2.98. The number of rotatable bonds is 6. The van der Waals surface area contributed by atoms with Crippen LogP contribution in [0.25, 0.3) is 0 Å². The number of halogens is 2. The van der Waals surface area contributed by atoms with Crippen LogP contribution in [-0.2, 0) is 9.53 Å². The molecule has 1 aliphatic rings. The van der Waals surface area contributed by atoms with E-state index in [4.69, 9.17) is 4.74 Å². The molecule has 0 unspecified atom stereocenters. The van der Waals surface area contributed by atoms with Crippen LogP contribution in [0, 0.1) is 11.6 Å². The van der Waals surface area contributed by atoms with E-state index in [2.05, 4.69) is 5.32 Å². The van der Waals surface area contributed by atoms with Gasteiger partial charge in [0.1, 0.15) is 0 Å². The fourth-order valence-electron chi connectivity index (χ4n) is 2.46. The Hall–Kier alpha value is -1.49. The Morgan fingerprint density at radius 2 is 2.24 bits per heavy atom. The van der Waals surface area contributed by atoms with E-state index in [9.17, 15) is 13.6 Å². The molecule has 2 rings (SSSR count). The Kier molecular flexibility index (Phi) is 5.67. The maximum absolute atomic E-state index is 13.2. The molecule has 1 aromatic carbocycles. The van der Waals surface area contributed by atoms with Crippen LogP contribution in [0.5, 0.6) is 0 Å². The SMILES string of the molecule is C[C@@H](CNC(=O)CC[C@H]1CCCO1)c1ccc(F)c(F)c1. The van der Waals surface area contributed by atoms with Crippen LogP contribution in [0.2, 0.25) is 0 Å². The van der Waals surface area contributed by atoms with E-state index in [0.717, 1.165) is 31.9 Å². The van der Waals surface area contributed by atoms with Crippen LogP contribution < -0.4 is 5.32 Å². The molecule has 1 amide bonds. The summed E-state index contributed by atoms with van der Waals surface area (Å²) in [5.41, 5.74) is 0.674. The molecule has 116 valence electrons. The Morgan fingerprint density at radius 3 is 2.90 bits per heavy atom. The quantitative estimate of drug-likeness (QED) is 0.876. The first-order valence-electron chi connectivity index (χ1n) is 7.39. The van der Waals surface area contributed by atoms with Crippen LogP contribution in [-0.4, -0.2) is 25.2 Å². The first kappa shape index (κ1) is 15.9. The molecule has 1 aromatic rings. The normalized spacial score (nSPS) is 19.5. The molecule has 0 saturated carbocycles. The van der Waals surface area contributed by atoms with Gasteiger partial charge in [0.25, 0.3) is 0 Å². The molecule has 0 aromatic heterocycles. The molecule has 1 aliphatic heterocycles. The largest absolute Gasteiger partial charge is 0.378 e. The molecule has 21 heavy (non-hydrogen) atoms. The second kappa shape index (κ2) is 7.50. The van der Waals surface area contributed by atoms with Crippen LogP contribution in [0.15, 0.2) is 18.2 Å².